The molecule has 2 amide bonds. The number of carbonyl (C=O) groups is 2. The Morgan fingerprint density at radius 2 is 1.58 bits per heavy atom. The van der Waals surface area contributed by atoms with E-state index in [9.17, 15) is 18.0 Å². The van der Waals surface area contributed by atoms with Crippen LogP contribution in [-0.2, 0) is 14.8 Å². The molecule has 9 nitrogen and oxygen atoms in total. The van der Waals surface area contributed by atoms with Gasteiger partial charge in [-0.2, -0.15) is 0 Å². The molecule has 0 spiro atoms. The Morgan fingerprint density at radius 1 is 0.895 bits per heavy atom. The third kappa shape index (κ3) is 8.09. The van der Waals surface area contributed by atoms with Crippen molar-refractivity contribution in [1.29, 1.82) is 0 Å². The summed E-state index contributed by atoms with van der Waals surface area (Å²) in [6.45, 7) is 1.06. The highest BCUT2D eigenvalue weighted by Gasteiger charge is 2.19. The van der Waals surface area contributed by atoms with Crippen molar-refractivity contribution in [3.8, 4) is 11.5 Å². The number of amides is 2. The molecule has 0 aliphatic carbocycles. The molecule has 202 valence electrons. The van der Waals surface area contributed by atoms with Crippen LogP contribution in [0.25, 0.3) is 0 Å². The first kappa shape index (κ1) is 29.2. The van der Waals surface area contributed by atoms with Gasteiger partial charge in [0, 0.05) is 30.7 Å². The van der Waals surface area contributed by atoms with E-state index in [2.05, 4.69) is 10.0 Å². The van der Waals surface area contributed by atoms with Crippen LogP contribution in [0.15, 0.2) is 71.6 Å². The molecule has 0 aromatic heterocycles. The molecule has 0 aliphatic rings. The molecule has 3 rings (SSSR count). The Balaban J connectivity index is 1.66. The topological polar surface area (TPSA) is 108 Å². The van der Waals surface area contributed by atoms with Crippen molar-refractivity contribution < 1.29 is 22.7 Å². The molecule has 12 heteroatoms. The summed E-state index contributed by atoms with van der Waals surface area (Å²) in [7, 11) is 1.46. The number of ether oxygens (including phenoxy) is 1. The molecule has 0 saturated heterocycles. The smallest absolute Gasteiger partial charge is 0.262 e. The van der Waals surface area contributed by atoms with E-state index in [1.165, 1.54) is 35.2 Å². The average Bonchev–Trinajstić information content (AvgIpc) is 2.88. The van der Waals surface area contributed by atoms with Crippen molar-refractivity contribution in [2.75, 3.05) is 45.5 Å². The summed E-state index contributed by atoms with van der Waals surface area (Å²) in [4.78, 5) is 28.1. The number of nitrogens with one attached hydrogen (secondary N) is 2. The molecule has 0 aliphatic heterocycles. The zero-order valence-corrected chi connectivity index (χ0v) is 23.4. The van der Waals surface area contributed by atoms with Crippen LogP contribution in [0.1, 0.15) is 10.4 Å². The Bertz CT molecular complexity index is 1400. The summed E-state index contributed by atoms with van der Waals surface area (Å²) >= 11 is 12.1. The summed E-state index contributed by atoms with van der Waals surface area (Å²) in [6.07, 6.45) is 0. The lowest BCUT2D eigenvalue weighted by Crippen LogP contribution is -2.40. The third-order valence-corrected chi connectivity index (χ3v) is 7.29. The van der Waals surface area contributed by atoms with Gasteiger partial charge in [-0.3, -0.25) is 14.3 Å². The Morgan fingerprint density at radius 3 is 2.24 bits per heavy atom. The third-order valence-electron chi connectivity index (χ3n) is 5.38. The number of likely N-dealkylation sites (N-methyl/N-ethyl adjacent to an activating group) is 2. The standard InChI is InChI=1S/C26H28Cl2N4O5S/c1-31(2)14-15-32(3)25(33)17-29-26(34)18-8-11-20(12-9-18)38(35,36)30-22-6-4-5-7-24(22)37-23-13-10-19(27)16-21(23)28/h4-13,16,30H,14-15,17H2,1-3H3,(H,29,34). The van der Waals surface area contributed by atoms with E-state index in [-0.39, 0.29) is 39.4 Å². The number of anilines is 1. The summed E-state index contributed by atoms with van der Waals surface area (Å²) < 4.78 is 34.4. The van der Waals surface area contributed by atoms with Gasteiger partial charge in [-0.15, -0.1) is 0 Å². The van der Waals surface area contributed by atoms with Crippen molar-refractivity contribution in [3.05, 3.63) is 82.3 Å². The average molecular weight is 580 g/mol. The van der Waals surface area contributed by atoms with Crippen LogP contribution in [-0.4, -0.2) is 70.8 Å². The van der Waals surface area contributed by atoms with Gasteiger partial charge in [0.15, 0.2) is 5.75 Å². The van der Waals surface area contributed by atoms with E-state index in [1.807, 2.05) is 19.0 Å². The number of nitrogens with zero attached hydrogens (tertiary/aromatic N) is 2. The molecule has 0 saturated carbocycles. The van der Waals surface area contributed by atoms with E-state index in [0.717, 1.165) is 0 Å². The Hall–Kier alpha value is -3.31. The number of sulfonamides is 1. The minimum atomic E-state index is -4.02. The molecule has 0 bridgehead atoms. The van der Waals surface area contributed by atoms with E-state index in [0.29, 0.717) is 23.9 Å². The lowest BCUT2D eigenvalue weighted by atomic mass is 10.2. The molecular formula is C26H28Cl2N4O5S. The quantitative estimate of drug-likeness (QED) is 0.350. The number of para-hydroxylation sites is 2. The predicted octanol–water partition coefficient (Wildman–Crippen LogP) is 4.34. The zero-order chi connectivity index (χ0) is 27.9. The molecule has 0 radical (unpaired) electrons. The van der Waals surface area contributed by atoms with Gasteiger partial charge in [-0.1, -0.05) is 35.3 Å². The SMILES string of the molecule is CN(C)CCN(C)C(=O)CNC(=O)c1ccc(S(=O)(=O)Nc2ccccc2Oc2ccc(Cl)cc2Cl)cc1. The van der Waals surface area contributed by atoms with Gasteiger partial charge in [-0.05, 0) is 68.7 Å². The molecule has 0 unspecified atom stereocenters. The zero-order valence-electron chi connectivity index (χ0n) is 21.1. The Labute approximate surface area is 232 Å². The van der Waals surface area contributed by atoms with Crippen LogP contribution < -0.4 is 14.8 Å². The maximum absolute atomic E-state index is 13.0. The summed E-state index contributed by atoms with van der Waals surface area (Å²) in [5.41, 5.74) is 0.408. The number of hydrogen-bond acceptors (Lipinski definition) is 6. The van der Waals surface area contributed by atoms with Gasteiger partial charge in [0.1, 0.15) is 5.75 Å². The first-order valence-electron chi connectivity index (χ1n) is 11.5. The van der Waals surface area contributed by atoms with Crippen LogP contribution >= 0.6 is 23.2 Å². The number of halogens is 2. The maximum atomic E-state index is 13.0. The molecule has 2 N–H and O–H groups in total. The van der Waals surface area contributed by atoms with Crippen LogP contribution in [0.4, 0.5) is 5.69 Å². The van der Waals surface area contributed by atoms with Gasteiger partial charge in [0.25, 0.3) is 15.9 Å². The molecule has 0 atom stereocenters. The fraction of sp³-hybridized carbons (Fsp3) is 0.231. The van der Waals surface area contributed by atoms with Crippen LogP contribution in [0.2, 0.25) is 10.0 Å². The summed E-state index contributed by atoms with van der Waals surface area (Å²) in [5, 5.41) is 3.27. The number of benzene rings is 3. The van der Waals surface area contributed by atoms with Gasteiger partial charge in [0.2, 0.25) is 5.91 Å². The molecule has 38 heavy (non-hydrogen) atoms. The van der Waals surface area contributed by atoms with Crippen molar-refractivity contribution in [3.63, 3.8) is 0 Å². The van der Waals surface area contributed by atoms with E-state index >= 15 is 0 Å². The van der Waals surface area contributed by atoms with Gasteiger partial charge in [-0.25, -0.2) is 8.42 Å². The first-order valence-corrected chi connectivity index (χ1v) is 13.7. The lowest BCUT2D eigenvalue weighted by molar-refractivity contribution is -0.128. The lowest BCUT2D eigenvalue weighted by Gasteiger charge is -2.19. The minimum Gasteiger partial charge on any atom is -0.454 e. The van der Waals surface area contributed by atoms with Crippen LogP contribution in [0.5, 0.6) is 11.5 Å². The summed E-state index contributed by atoms with van der Waals surface area (Å²) in [5.74, 6) is -0.184. The summed E-state index contributed by atoms with van der Waals surface area (Å²) in [6, 6.07) is 16.5. The molecule has 3 aromatic carbocycles. The van der Waals surface area contributed by atoms with Crippen LogP contribution in [0.3, 0.4) is 0 Å². The maximum Gasteiger partial charge on any atom is 0.262 e. The monoisotopic (exact) mass is 578 g/mol. The largest absolute Gasteiger partial charge is 0.454 e. The van der Waals surface area contributed by atoms with Crippen molar-refractivity contribution >= 4 is 50.7 Å². The van der Waals surface area contributed by atoms with Crippen molar-refractivity contribution in [2.45, 2.75) is 4.90 Å². The highest BCUT2D eigenvalue weighted by Crippen LogP contribution is 2.35. The first-order chi connectivity index (χ1) is 18.0. The molecule has 0 fully saturated rings. The molecule has 3 aromatic rings. The van der Waals surface area contributed by atoms with E-state index in [1.54, 1.807) is 43.4 Å². The van der Waals surface area contributed by atoms with E-state index in [4.69, 9.17) is 27.9 Å². The van der Waals surface area contributed by atoms with Gasteiger partial charge in [0.05, 0.1) is 22.2 Å². The fourth-order valence-corrected chi connectivity index (χ4v) is 4.69. The van der Waals surface area contributed by atoms with Crippen molar-refractivity contribution in [1.82, 2.24) is 15.1 Å². The predicted molar refractivity (Wildman–Crippen MR) is 149 cm³/mol. The van der Waals surface area contributed by atoms with Crippen LogP contribution in [0, 0.1) is 0 Å². The molecular weight excluding hydrogens is 551 g/mol. The van der Waals surface area contributed by atoms with Gasteiger partial charge >= 0.3 is 0 Å². The molecule has 0 heterocycles. The highest BCUT2D eigenvalue weighted by molar-refractivity contribution is 7.92. The number of rotatable bonds is 11. The second kappa shape index (κ2) is 13.0. The second-order valence-corrected chi connectivity index (χ2v) is 11.1. The minimum absolute atomic E-state index is 0.0622. The normalized spacial score (nSPS) is 11.2. The second-order valence-electron chi connectivity index (χ2n) is 8.60. The Kier molecular flexibility index (Phi) is 9.98. The number of hydrogen-bond donors (Lipinski definition) is 2. The number of carbonyl (C=O) groups excluding carboxylic acids is 2. The van der Waals surface area contributed by atoms with Crippen molar-refractivity contribution in [2.24, 2.45) is 0 Å². The van der Waals surface area contributed by atoms with E-state index < -0.39 is 15.9 Å². The van der Waals surface area contributed by atoms with Gasteiger partial charge < -0.3 is 19.9 Å². The fourth-order valence-electron chi connectivity index (χ4n) is 3.17. The highest BCUT2D eigenvalue weighted by atomic mass is 35.5.